The number of nitrogens with zero attached hydrogens (tertiary/aromatic N) is 1. The molecule has 0 fully saturated rings. The van der Waals surface area contributed by atoms with Crippen molar-refractivity contribution in [2.45, 2.75) is 25.7 Å². The maximum absolute atomic E-state index is 11.1. The highest BCUT2D eigenvalue weighted by Gasteiger charge is 2.18. The van der Waals surface area contributed by atoms with Crippen LogP contribution in [0.2, 0.25) is 0 Å². The fraction of sp³-hybridized carbons (Fsp3) is 0.538. The lowest BCUT2D eigenvalue weighted by atomic mass is 10.2. The molecule has 6 heteroatoms. The van der Waals surface area contributed by atoms with E-state index in [1.165, 1.54) is 0 Å². The molecule has 3 N–H and O–H groups in total. The SMILES string of the molecule is CNc1cccc(NCCCCCCO)c1[N+](=O)[O-]. The summed E-state index contributed by atoms with van der Waals surface area (Å²) in [5, 5.41) is 25.7. The number of nitrogens with one attached hydrogen (secondary N) is 2. The Kier molecular flexibility index (Phi) is 6.67. The number of benzene rings is 1. The second-order valence-electron chi connectivity index (χ2n) is 4.27. The second-order valence-corrected chi connectivity index (χ2v) is 4.27. The second kappa shape index (κ2) is 8.31. The van der Waals surface area contributed by atoms with Crippen molar-refractivity contribution in [2.24, 2.45) is 0 Å². The number of aliphatic hydroxyl groups is 1. The summed E-state index contributed by atoms with van der Waals surface area (Å²) in [5.41, 5.74) is 1.13. The van der Waals surface area contributed by atoms with E-state index in [1.807, 2.05) is 0 Å². The molecular formula is C13H21N3O3. The van der Waals surface area contributed by atoms with Crippen LogP contribution in [0, 0.1) is 10.1 Å². The van der Waals surface area contributed by atoms with E-state index in [2.05, 4.69) is 10.6 Å². The predicted molar refractivity (Wildman–Crippen MR) is 76.7 cm³/mol. The maximum atomic E-state index is 11.1. The average molecular weight is 267 g/mol. The summed E-state index contributed by atoms with van der Waals surface area (Å²) in [4.78, 5) is 10.7. The molecule has 1 aromatic carbocycles. The quantitative estimate of drug-likeness (QED) is 0.363. The third-order valence-electron chi connectivity index (χ3n) is 2.89. The lowest BCUT2D eigenvalue weighted by Crippen LogP contribution is -2.06. The highest BCUT2D eigenvalue weighted by Crippen LogP contribution is 2.32. The third-order valence-corrected chi connectivity index (χ3v) is 2.89. The Hall–Kier alpha value is -1.82. The van der Waals surface area contributed by atoms with E-state index in [-0.39, 0.29) is 17.2 Å². The van der Waals surface area contributed by atoms with Crippen LogP contribution in [0.15, 0.2) is 18.2 Å². The van der Waals surface area contributed by atoms with Crippen LogP contribution >= 0.6 is 0 Å². The lowest BCUT2D eigenvalue weighted by molar-refractivity contribution is -0.383. The van der Waals surface area contributed by atoms with Crippen LogP contribution in [0.5, 0.6) is 0 Å². The fourth-order valence-corrected chi connectivity index (χ4v) is 1.90. The van der Waals surface area contributed by atoms with Crippen molar-refractivity contribution in [1.82, 2.24) is 0 Å². The Morgan fingerprint density at radius 3 is 2.53 bits per heavy atom. The fourth-order valence-electron chi connectivity index (χ4n) is 1.90. The van der Waals surface area contributed by atoms with Crippen LogP contribution in [0.1, 0.15) is 25.7 Å². The van der Waals surface area contributed by atoms with Crippen molar-refractivity contribution in [3.05, 3.63) is 28.3 Å². The summed E-state index contributed by atoms with van der Waals surface area (Å²) in [6.07, 6.45) is 3.74. The van der Waals surface area contributed by atoms with Crippen molar-refractivity contribution >= 4 is 17.1 Å². The molecule has 0 aliphatic carbocycles. The Balaban J connectivity index is 2.55. The molecule has 0 saturated heterocycles. The number of unbranched alkanes of at least 4 members (excludes halogenated alkanes) is 3. The van der Waals surface area contributed by atoms with Crippen LogP contribution in [0.25, 0.3) is 0 Å². The van der Waals surface area contributed by atoms with Crippen molar-refractivity contribution in [1.29, 1.82) is 0 Å². The minimum absolute atomic E-state index is 0.0837. The Morgan fingerprint density at radius 2 is 1.89 bits per heavy atom. The van der Waals surface area contributed by atoms with Crippen LogP contribution in [-0.2, 0) is 0 Å². The lowest BCUT2D eigenvalue weighted by Gasteiger charge is -2.09. The molecule has 0 radical (unpaired) electrons. The minimum atomic E-state index is -0.375. The number of aliphatic hydroxyl groups excluding tert-OH is 1. The number of rotatable bonds is 9. The minimum Gasteiger partial charge on any atom is -0.396 e. The van der Waals surface area contributed by atoms with E-state index in [4.69, 9.17) is 5.11 Å². The molecular weight excluding hydrogens is 246 g/mol. The standard InChI is InChI=1S/C13H21N3O3/c1-14-11-7-6-8-12(13(11)16(18)19)15-9-4-2-3-5-10-17/h6-8,14-15,17H,2-5,9-10H2,1H3. The van der Waals surface area contributed by atoms with Gasteiger partial charge in [0.2, 0.25) is 0 Å². The largest absolute Gasteiger partial charge is 0.396 e. The van der Waals surface area contributed by atoms with Crippen molar-refractivity contribution in [3.8, 4) is 0 Å². The molecule has 0 aliphatic rings. The van der Waals surface area contributed by atoms with E-state index in [0.717, 1.165) is 25.7 Å². The van der Waals surface area contributed by atoms with Gasteiger partial charge in [-0.05, 0) is 25.0 Å². The molecule has 6 nitrogen and oxygen atoms in total. The highest BCUT2D eigenvalue weighted by atomic mass is 16.6. The van der Waals surface area contributed by atoms with Gasteiger partial charge in [0.25, 0.3) is 0 Å². The molecule has 0 amide bonds. The predicted octanol–water partition coefficient (Wildman–Crippen LogP) is 2.60. The molecule has 19 heavy (non-hydrogen) atoms. The summed E-state index contributed by atoms with van der Waals surface area (Å²) >= 11 is 0. The first-order valence-electron chi connectivity index (χ1n) is 6.50. The van der Waals surface area contributed by atoms with E-state index >= 15 is 0 Å². The normalized spacial score (nSPS) is 10.2. The smallest absolute Gasteiger partial charge is 0.315 e. The van der Waals surface area contributed by atoms with Crippen molar-refractivity contribution in [2.75, 3.05) is 30.8 Å². The first-order chi connectivity index (χ1) is 9.20. The van der Waals surface area contributed by atoms with Gasteiger partial charge in [-0.15, -0.1) is 0 Å². The van der Waals surface area contributed by atoms with Gasteiger partial charge in [-0.2, -0.15) is 0 Å². The van der Waals surface area contributed by atoms with Crippen molar-refractivity contribution in [3.63, 3.8) is 0 Å². The molecule has 1 aromatic rings. The van der Waals surface area contributed by atoms with Crippen LogP contribution in [0.3, 0.4) is 0 Å². The Morgan fingerprint density at radius 1 is 1.21 bits per heavy atom. The Labute approximate surface area is 113 Å². The highest BCUT2D eigenvalue weighted by molar-refractivity contribution is 5.75. The van der Waals surface area contributed by atoms with E-state index in [0.29, 0.717) is 17.9 Å². The van der Waals surface area contributed by atoms with Gasteiger partial charge in [0.15, 0.2) is 0 Å². The van der Waals surface area contributed by atoms with Gasteiger partial charge < -0.3 is 15.7 Å². The van der Waals surface area contributed by atoms with Gasteiger partial charge >= 0.3 is 5.69 Å². The van der Waals surface area contributed by atoms with Gasteiger partial charge in [0.1, 0.15) is 11.4 Å². The topological polar surface area (TPSA) is 87.4 Å². The number of anilines is 2. The molecule has 0 aliphatic heterocycles. The number of hydrogen-bond donors (Lipinski definition) is 3. The molecule has 0 spiro atoms. The summed E-state index contributed by atoms with van der Waals surface area (Å²) in [6.45, 7) is 0.919. The number of nitro benzene ring substituents is 1. The van der Waals surface area contributed by atoms with E-state index < -0.39 is 0 Å². The molecule has 0 unspecified atom stereocenters. The number of hydrogen-bond acceptors (Lipinski definition) is 5. The van der Waals surface area contributed by atoms with Crippen LogP contribution in [0.4, 0.5) is 17.1 Å². The van der Waals surface area contributed by atoms with Crippen LogP contribution < -0.4 is 10.6 Å². The first kappa shape index (κ1) is 15.2. The third kappa shape index (κ3) is 4.75. The van der Waals surface area contributed by atoms with Gasteiger partial charge in [0.05, 0.1) is 4.92 Å². The molecule has 0 saturated carbocycles. The van der Waals surface area contributed by atoms with E-state index in [1.54, 1.807) is 25.2 Å². The zero-order valence-electron chi connectivity index (χ0n) is 11.2. The zero-order chi connectivity index (χ0) is 14.1. The molecule has 0 bridgehead atoms. The van der Waals surface area contributed by atoms with Gasteiger partial charge in [-0.25, -0.2) is 0 Å². The molecule has 106 valence electrons. The summed E-state index contributed by atoms with van der Waals surface area (Å²) < 4.78 is 0. The number of nitro groups is 1. The van der Waals surface area contributed by atoms with Gasteiger partial charge in [-0.3, -0.25) is 10.1 Å². The number of para-hydroxylation sites is 1. The molecule has 1 rings (SSSR count). The van der Waals surface area contributed by atoms with E-state index in [9.17, 15) is 10.1 Å². The van der Waals surface area contributed by atoms with Crippen LogP contribution in [-0.4, -0.2) is 30.2 Å². The zero-order valence-corrected chi connectivity index (χ0v) is 11.2. The Bertz CT molecular complexity index is 410. The molecule has 0 atom stereocenters. The molecule has 0 heterocycles. The summed E-state index contributed by atoms with van der Waals surface area (Å²) in [6, 6.07) is 5.18. The maximum Gasteiger partial charge on any atom is 0.315 e. The van der Waals surface area contributed by atoms with Gasteiger partial charge in [0, 0.05) is 20.2 Å². The summed E-state index contributed by atoms with van der Waals surface area (Å²) in [7, 11) is 1.67. The van der Waals surface area contributed by atoms with Gasteiger partial charge in [-0.1, -0.05) is 18.9 Å². The monoisotopic (exact) mass is 267 g/mol. The molecule has 0 aromatic heterocycles. The summed E-state index contributed by atoms with van der Waals surface area (Å²) in [5.74, 6) is 0. The van der Waals surface area contributed by atoms with Crippen molar-refractivity contribution < 1.29 is 10.0 Å². The first-order valence-corrected chi connectivity index (χ1v) is 6.50. The average Bonchev–Trinajstić information content (AvgIpc) is 2.42.